The van der Waals surface area contributed by atoms with Gasteiger partial charge >= 0.3 is 0 Å². The molecule has 10 saturated heterocycles. The second kappa shape index (κ2) is 14.3. The molecule has 10 rings (SSSR count). The van der Waals surface area contributed by atoms with E-state index in [0.717, 1.165) is 56.1 Å². The van der Waals surface area contributed by atoms with Crippen LogP contribution in [0.3, 0.4) is 0 Å². The van der Waals surface area contributed by atoms with Crippen molar-refractivity contribution >= 4 is 5.78 Å². The molecule has 12 heteroatoms. The van der Waals surface area contributed by atoms with Crippen LogP contribution in [0, 0.1) is 11.8 Å². The van der Waals surface area contributed by atoms with E-state index < -0.39 is 18.0 Å². The number of ketones is 1. The molecule has 290 valence electrons. The fraction of sp³-hybridized carbons (Fsp3) is 0.875. The molecule has 10 fully saturated rings. The predicted octanol–water partition coefficient (Wildman–Crippen LogP) is 3.44. The molecule has 12 bridgehead atoms. The molecule has 10 aliphatic rings. The van der Waals surface area contributed by atoms with E-state index in [9.17, 15) is 9.90 Å². The number of aliphatic hydroxyl groups is 1. The van der Waals surface area contributed by atoms with Gasteiger partial charge in [0, 0.05) is 58.1 Å². The van der Waals surface area contributed by atoms with Crippen LogP contribution >= 0.6 is 0 Å². The van der Waals surface area contributed by atoms with Crippen LogP contribution in [-0.4, -0.2) is 128 Å². The van der Waals surface area contributed by atoms with Crippen LogP contribution in [-0.2, 0) is 47.4 Å². The Bertz CT molecular complexity index is 1380. The third-order valence-electron chi connectivity index (χ3n) is 14.0. The SMILES string of the molecule is C=C1CC2CC[C@@]34CC5O[C@H]6[C@@H](O3)[C@H]3OC(CC[C@@H]3O[C@H]6[C@H]5O4)CC(=O)CC3C(C[C@H]4OC(CCC1O2)C[C@@H](C)C4=C)O[C@H](C[C@H](O)CN)[C@@H]3OC. The van der Waals surface area contributed by atoms with Gasteiger partial charge in [0.05, 0.1) is 67.1 Å². The van der Waals surface area contributed by atoms with Crippen LogP contribution in [0.4, 0.5) is 0 Å². The van der Waals surface area contributed by atoms with E-state index in [1.54, 1.807) is 7.11 Å². The summed E-state index contributed by atoms with van der Waals surface area (Å²) in [4.78, 5) is 14.1. The summed E-state index contributed by atoms with van der Waals surface area (Å²) in [7, 11) is 1.66. The predicted molar refractivity (Wildman–Crippen MR) is 186 cm³/mol. The fourth-order valence-electron chi connectivity index (χ4n) is 11.3. The number of hydrogen-bond donors (Lipinski definition) is 2. The number of carbonyl (C=O) groups is 1. The van der Waals surface area contributed by atoms with Crippen molar-refractivity contribution in [1.29, 1.82) is 0 Å². The van der Waals surface area contributed by atoms with E-state index in [1.165, 1.54) is 0 Å². The summed E-state index contributed by atoms with van der Waals surface area (Å²) < 4.78 is 60.0. The molecule has 10 heterocycles. The van der Waals surface area contributed by atoms with E-state index in [0.29, 0.717) is 25.7 Å². The molecule has 0 amide bonds. The zero-order valence-corrected chi connectivity index (χ0v) is 30.8. The third-order valence-corrected chi connectivity index (χ3v) is 14.0. The van der Waals surface area contributed by atoms with Gasteiger partial charge in [-0.05, 0) is 62.0 Å². The van der Waals surface area contributed by atoms with Crippen molar-refractivity contribution in [2.45, 2.75) is 194 Å². The van der Waals surface area contributed by atoms with Crippen LogP contribution < -0.4 is 5.73 Å². The molecule has 19 atom stereocenters. The highest BCUT2D eigenvalue weighted by atomic mass is 16.8. The minimum absolute atomic E-state index is 0.0158. The van der Waals surface area contributed by atoms with Crippen molar-refractivity contribution in [3.63, 3.8) is 0 Å². The molecular weight excluding hydrogens is 670 g/mol. The summed E-state index contributed by atoms with van der Waals surface area (Å²) in [5.74, 6) is -0.619. The fourth-order valence-corrected chi connectivity index (χ4v) is 11.3. The molecule has 10 aliphatic heterocycles. The summed E-state index contributed by atoms with van der Waals surface area (Å²) in [5, 5.41) is 10.5. The van der Waals surface area contributed by atoms with Crippen molar-refractivity contribution in [1.82, 2.24) is 0 Å². The van der Waals surface area contributed by atoms with E-state index in [2.05, 4.69) is 20.1 Å². The minimum atomic E-state index is -0.780. The summed E-state index contributed by atoms with van der Waals surface area (Å²) in [6.07, 6.45) is 4.85. The number of ether oxygens (including phenoxy) is 9. The largest absolute Gasteiger partial charge is 0.392 e. The minimum Gasteiger partial charge on any atom is -0.392 e. The van der Waals surface area contributed by atoms with E-state index >= 15 is 0 Å². The molecular formula is C40H59NO11. The van der Waals surface area contributed by atoms with Gasteiger partial charge in [-0.2, -0.15) is 0 Å². The van der Waals surface area contributed by atoms with Gasteiger partial charge in [-0.15, -0.1) is 0 Å². The second-order valence-corrected chi connectivity index (χ2v) is 17.4. The highest BCUT2D eigenvalue weighted by Crippen LogP contribution is 2.54. The van der Waals surface area contributed by atoms with E-state index in [1.807, 2.05) is 0 Å². The number of Topliss-reactive ketones (excluding diaryl/α,β-unsaturated/α-hetero) is 1. The molecule has 0 aromatic carbocycles. The number of fused-ring (bicyclic) bond motifs is 6. The first-order valence-corrected chi connectivity index (χ1v) is 20.2. The summed E-state index contributed by atoms with van der Waals surface area (Å²) in [6.45, 7) is 11.3. The first-order chi connectivity index (χ1) is 25.1. The zero-order valence-electron chi connectivity index (χ0n) is 30.8. The van der Waals surface area contributed by atoms with Crippen molar-refractivity contribution in [2.24, 2.45) is 17.6 Å². The highest BCUT2D eigenvalue weighted by molar-refractivity contribution is 5.79. The highest BCUT2D eigenvalue weighted by Gasteiger charge is 2.68. The maximum Gasteiger partial charge on any atom is 0.172 e. The van der Waals surface area contributed by atoms with E-state index in [-0.39, 0.29) is 122 Å². The Labute approximate surface area is 307 Å². The van der Waals surface area contributed by atoms with Gasteiger partial charge in [0.25, 0.3) is 0 Å². The van der Waals surface area contributed by atoms with Gasteiger partial charge in [0.15, 0.2) is 5.79 Å². The van der Waals surface area contributed by atoms with Gasteiger partial charge in [0.1, 0.15) is 36.3 Å². The Kier molecular flexibility index (Phi) is 10.0. The molecule has 52 heavy (non-hydrogen) atoms. The van der Waals surface area contributed by atoms with Crippen molar-refractivity contribution in [2.75, 3.05) is 13.7 Å². The van der Waals surface area contributed by atoms with Gasteiger partial charge < -0.3 is 53.5 Å². The molecule has 1 spiro atoms. The first kappa shape index (κ1) is 36.4. The van der Waals surface area contributed by atoms with Gasteiger partial charge in [0.2, 0.25) is 0 Å². The second-order valence-electron chi connectivity index (χ2n) is 17.4. The van der Waals surface area contributed by atoms with Crippen molar-refractivity contribution in [3.8, 4) is 0 Å². The lowest BCUT2D eigenvalue weighted by molar-refractivity contribution is -0.292. The molecule has 0 aromatic rings. The first-order valence-electron chi connectivity index (χ1n) is 20.2. The number of rotatable bonds is 4. The van der Waals surface area contributed by atoms with Crippen molar-refractivity contribution < 1.29 is 52.5 Å². The van der Waals surface area contributed by atoms with Gasteiger partial charge in [-0.25, -0.2) is 0 Å². The lowest BCUT2D eigenvalue weighted by Gasteiger charge is -2.47. The number of hydrogen-bond acceptors (Lipinski definition) is 12. The summed E-state index contributed by atoms with van der Waals surface area (Å²) in [5.41, 5.74) is 8.01. The van der Waals surface area contributed by atoms with E-state index in [4.69, 9.17) is 48.4 Å². The maximum atomic E-state index is 14.1. The normalized spacial score (nSPS) is 52.4. The van der Waals surface area contributed by atoms with Crippen LogP contribution in [0.2, 0.25) is 0 Å². The van der Waals surface area contributed by atoms with Crippen LogP contribution in [0.1, 0.15) is 90.4 Å². The maximum absolute atomic E-state index is 14.1. The van der Waals surface area contributed by atoms with Gasteiger partial charge in [-0.3, -0.25) is 4.79 Å². The molecule has 7 unspecified atom stereocenters. The Balaban J connectivity index is 0.994. The molecule has 0 aromatic heterocycles. The van der Waals surface area contributed by atoms with Crippen LogP contribution in [0.5, 0.6) is 0 Å². The van der Waals surface area contributed by atoms with Crippen LogP contribution in [0.15, 0.2) is 24.3 Å². The average Bonchev–Trinajstić information content (AvgIpc) is 3.79. The molecule has 0 saturated carbocycles. The number of nitrogens with two attached hydrogens (primary N) is 1. The van der Waals surface area contributed by atoms with Crippen LogP contribution in [0.25, 0.3) is 0 Å². The Morgan fingerprint density at radius 2 is 1.56 bits per heavy atom. The Morgan fingerprint density at radius 3 is 2.38 bits per heavy atom. The number of aliphatic hydroxyl groups excluding tert-OH is 1. The monoisotopic (exact) mass is 729 g/mol. The standard InChI is InChI=1S/C40H59NO11/c1-19-11-24-5-7-28-20(2)12-26(45-28)9-10-40-17-33-36(51-40)37-38(50-33)39(52-40)35-29(49-37)8-6-25(47-35)13-22(42)14-27-31(16-30(46-24)21(19)3)48-32(34(27)44-4)15-23(43)18-41/h19,23-39,43H,2-3,5-18,41H2,1,4H3/t19-,23+,24?,25?,26?,27?,28?,29+,30-,31?,32-,33?,34-,35+,36+,37+,38-,39+,40+/m1/s1. The molecule has 0 aliphatic carbocycles. The lowest BCUT2D eigenvalue weighted by Crippen LogP contribution is -2.61. The molecule has 12 nitrogen and oxygen atoms in total. The number of methoxy groups -OCH3 is 1. The van der Waals surface area contributed by atoms with Gasteiger partial charge in [-0.1, -0.05) is 20.1 Å². The lowest BCUT2D eigenvalue weighted by atomic mass is 9.81. The third kappa shape index (κ3) is 6.59. The molecule has 3 N–H and O–H groups in total. The zero-order chi connectivity index (χ0) is 35.9. The number of carbonyl (C=O) groups excluding carboxylic acids is 1. The summed E-state index contributed by atoms with van der Waals surface area (Å²) in [6, 6.07) is 0. The Hall–Kier alpha value is -1.29. The Morgan fingerprint density at radius 1 is 0.808 bits per heavy atom. The molecule has 0 radical (unpaired) electrons. The van der Waals surface area contributed by atoms with Crippen molar-refractivity contribution in [3.05, 3.63) is 24.3 Å². The topological polar surface area (TPSA) is 146 Å². The summed E-state index contributed by atoms with van der Waals surface area (Å²) >= 11 is 0. The smallest absolute Gasteiger partial charge is 0.172 e. The average molecular weight is 730 g/mol. The quantitative estimate of drug-likeness (QED) is 0.409.